The van der Waals surface area contributed by atoms with Crippen molar-refractivity contribution >= 4 is 11.6 Å². The van der Waals surface area contributed by atoms with Crippen molar-refractivity contribution in [2.75, 3.05) is 0 Å². The van der Waals surface area contributed by atoms with Crippen molar-refractivity contribution in [2.24, 2.45) is 17.2 Å². The van der Waals surface area contributed by atoms with Crippen molar-refractivity contribution in [3.05, 3.63) is 34.9 Å². The third-order valence-corrected chi connectivity index (χ3v) is 3.49. The van der Waals surface area contributed by atoms with Gasteiger partial charge in [-0.3, -0.25) is 11.3 Å². The summed E-state index contributed by atoms with van der Waals surface area (Å²) in [6, 6.07) is 8.31. The molecular formula is C16H27ClN2. The van der Waals surface area contributed by atoms with Gasteiger partial charge in [-0.15, -0.1) is 0 Å². The Kier molecular flexibility index (Phi) is 6.31. The third kappa shape index (κ3) is 6.95. The SMILES string of the molecule is CC(CC(Cc1cccc(Cl)c1)NN)CC(C)(C)C. The average Bonchev–Trinajstić information content (AvgIpc) is 2.25. The van der Waals surface area contributed by atoms with Crippen LogP contribution in [0.3, 0.4) is 0 Å². The van der Waals surface area contributed by atoms with Crippen molar-refractivity contribution in [3.8, 4) is 0 Å². The molecule has 3 N–H and O–H groups in total. The van der Waals surface area contributed by atoms with E-state index < -0.39 is 0 Å². The van der Waals surface area contributed by atoms with Gasteiger partial charge in [0, 0.05) is 11.1 Å². The van der Waals surface area contributed by atoms with Crippen molar-refractivity contribution in [1.29, 1.82) is 0 Å². The van der Waals surface area contributed by atoms with Crippen molar-refractivity contribution in [1.82, 2.24) is 5.43 Å². The second-order valence-electron chi connectivity index (χ2n) is 6.80. The molecule has 0 bridgehead atoms. The van der Waals surface area contributed by atoms with Crippen molar-refractivity contribution in [3.63, 3.8) is 0 Å². The lowest BCUT2D eigenvalue weighted by Gasteiger charge is -2.26. The lowest BCUT2D eigenvalue weighted by molar-refractivity contribution is 0.274. The summed E-state index contributed by atoms with van der Waals surface area (Å²) in [5.41, 5.74) is 4.55. The maximum Gasteiger partial charge on any atom is 0.0408 e. The van der Waals surface area contributed by atoms with Crippen LogP contribution in [-0.2, 0) is 6.42 Å². The quantitative estimate of drug-likeness (QED) is 0.607. The normalized spacial score (nSPS) is 15.3. The zero-order valence-corrected chi connectivity index (χ0v) is 13.3. The van der Waals surface area contributed by atoms with Gasteiger partial charge in [0.25, 0.3) is 0 Å². The van der Waals surface area contributed by atoms with Gasteiger partial charge >= 0.3 is 0 Å². The Morgan fingerprint density at radius 3 is 2.53 bits per heavy atom. The highest BCUT2D eigenvalue weighted by Crippen LogP contribution is 2.27. The summed E-state index contributed by atoms with van der Waals surface area (Å²) in [7, 11) is 0. The van der Waals surface area contributed by atoms with E-state index in [0.717, 1.165) is 17.9 Å². The van der Waals surface area contributed by atoms with Gasteiger partial charge < -0.3 is 0 Å². The second kappa shape index (κ2) is 7.28. The van der Waals surface area contributed by atoms with Gasteiger partial charge in [0.15, 0.2) is 0 Å². The minimum Gasteiger partial charge on any atom is -0.271 e. The zero-order valence-electron chi connectivity index (χ0n) is 12.5. The minimum absolute atomic E-state index is 0.302. The fourth-order valence-corrected chi connectivity index (χ4v) is 2.99. The van der Waals surface area contributed by atoms with Gasteiger partial charge in [-0.2, -0.15) is 0 Å². The summed E-state index contributed by atoms with van der Waals surface area (Å²) >= 11 is 6.01. The van der Waals surface area contributed by atoms with Gasteiger partial charge in [-0.1, -0.05) is 51.4 Å². The molecule has 0 saturated carbocycles. The van der Waals surface area contributed by atoms with E-state index in [0.29, 0.717) is 17.4 Å². The summed E-state index contributed by atoms with van der Waals surface area (Å²) in [5.74, 6) is 6.34. The molecule has 0 fully saturated rings. The molecule has 1 aromatic rings. The van der Waals surface area contributed by atoms with Crippen LogP contribution in [0, 0.1) is 11.3 Å². The first kappa shape index (κ1) is 16.5. The van der Waals surface area contributed by atoms with Crippen LogP contribution in [0.25, 0.3) is 0 Å². The molecule has 0 radical (unpaired) electrons. The molecule has 1 rings (SSSR count). The van der Waals surface area contributed by atoms with E-state index in [-0.39, 0.29) is 0 Å². The molecule has 0 spiro atoms. The molecule has 2 atom stereocenters. The average molecular weight is 283 g/mol. The van der Waals surface area contributed by atoms with Gasteiger partial charge in [-0.05, 0) is 48.3 Å². The Bertz CT molecular complexity index is 385. The number of hydrazine groups is 1. The number of halogens is 1. The molecule has 19 heavy (non-hydrogen) atoms. The monoisotopic (exact) mass is 282 g/mol. The van der Waals surface area contributed by atoms with E-state index in [4.69, 9.17) is 17.4 Å². The first-order valence-electron chi connectivity index (χ1n) is 7.01. The molecule has 0 amide bonds. The number of nitrogens with one attached hydrogen (secondary N) is 1. The number of nitrogens with two attached hydrogens (primary N) is 1. The molecule has 0 saturated heterocycles. The van der Waals surface area contributed by atoms with Gasteiger partial charge in [0.2, 0.25) is 0 Å². The topological polar surface area (TPSA) is 38.0 Å². The van der Waals surface area contributed by atoms with Gasteiger partial charge in [0.05, 0.1) is 0 Å². The first-order chi connectivity index (χ1) is 8.80. The van der Waals surface area contributed by atoms with Crippen LogP contribution in [-0.4, -0.2) is 6.04 Å². The van der Waals surface area contributed by atoms with E-state index >= 15 is 0 Å². The molecule has 2 unspecified atom stereocenters. The van der Waals surface area contributed by atoms with E-state index in [1.807, 2.05) is 18.2 Å². The fraction of sp³-hybridized carbons (Fsp3) is 0.625. The van der Waals surface area contributed by atoms with Crippen LogP contribution in [0.1, 0.15) is 46.1 Å². The largest absolute Gasteiger partial charge is 0.271 e. The summed E-state index contributed by atoms with van der Waals surface area (Å²) in [4.78, 5) is 0. The molecule has 0 aliphatic rings. The third-order valence-electron chi connectivity index (χ3n) is 3.25. The molecule has 2 nitrogen and oxygen atoms in total. The van der Waals surface area contributed by atoms with Crippen LogP contribution in [0.5, 0.6) is 0 Å². The Hall–Kier alpha value is -0.570. The lowest BCUT2D eigenvalue weighted by atomic mass is 9.82. The fourth-order valence-electron chi connectivity index (χ4n) is 2.77. The summed E-state index contributed by atoms with van der Waals surface area (Å²) in [6.45, 7) is 9.15. The van der Waals surface area contributed by atoms with Crippen LogP contribution in [0.15, 0.2) is 24.3 Å². The number of rotatable bonds is 6. The summed E-state index contributed by atoms with van der Waals surface area (Å²) < 4.78 is 0. The molecule has 3 heteroatoms. The smallest absolute Gasteiger partial charge is 0.0408 e. The van der Waals surface area contributed by atoms with E-state index in [2.05, 4.69) is 39.2 Å². The Labute approximate surface area is 122 Å². The van der Waals surface area contributed by atoms with Crippen LogP contribution >= 0.6 is 11.6 Å². The lowest BCUT2D eigenvalue weighted by Crippen LogP contribution is -2.38. The molecule has 1 aromatic carbocycles. The minimum atomic E-state index is 0.302. The predicted octanol–water partition coefficient (Wildman–Crippen LogP) is 4.18. The van der Waals surface area contributed by atoms with E-state index in [9.17, 15) is 0 Å². The van der Waals surface area contributed by atoms with Gasteiger partial charge in [-0.25, -0.2) is 0 Å². The number of hydrogen-bond donors (Lipinski definition) is 2. The highest BCUT2D eigenvalue weighted by molar-refractivity contribution is 6.30. The zero-order chi connectivity index (χ0) is 14.5. The molecule has 0 aromatic heterocycles. The maximum atomic E-state index is 6.01. The summed E-state index contributed by atoms with van der Waals surface area (Å²) in [6.07, 6.45) is 3.21. The van der Waals surface area contributed by atoms with Crippen LogP contribution < -0.4 is 11.3 Å². The molecule has 0 aliphatic heterocycles. The van der Waals surface area contributed by atoms with Crippen LogP contribution in [0.4, 0.5) is 0 Å². The molecule has 108 valence electrons. The van der Waals surface area contributed by atoms with Crippen LogP contribution in [0.2, 0.25) is 5.02 Å². The Balaban J connectivity index is 2.54. The number of benzene rings is 1. The first-order valence-corrected chi connectivity index (χ1v) is 7.38. The summed E-state index contributed by atoms with van der Waals surface area (Å²) in [5, 5.41) is 0.788. The molecule has 0 aliphatic carbocycles. The van der Waals surface area contributed by atoms with E-state index in [1.165, 1.54) is 12.0 Å². The Morgan fingerprint density at radius 1 is 1.32 bits per heavy atom. The van der Waals surface area contributed by atoms with Crippen molar-refractivity contribution in [2.45, 2.75) is 53.0 Å². The number of hydrogen-bond acceptors (Lipinski definition) is 2. The molecular weight excluding hydrogens is 256 g/mol. The molecule has 0 heterocycles. The van der Waals surface area contributed by atoms with Gasteiger partial charge in [0.1, 0.15) is 0 Å². The highest BCUT2D eigenvalue weighted by Gasteiger charge is 2.18. The van der Waals surface area contributed by atoms with E-state index in [1.54, 1.807) is 0 Å². The Morgan fingerprint density at radius 2 is 2.00 bits per heavy atom. The maximum absolute atomic E-state index is 6.01. The standard InChI is InChI=1S/C16H27ClN2/c1-12(11-16(2,3)4)8-15(19-18)10-13-6-5-7-14(17)9-13/h5-7,9,12,15,19H,8,10-11,18H2,1-4H3. The van der Waals surface area contributed by atoms with Crippen molar-refractivity contribution < 1.29 is 0 Å². The highest BCUT2D eigenvalue weighted by atomic mass is 35.5. The predicted molar refractivity (Wildman–Crippen MR) is 84.1 cm³/mol. The second-order valence-corrected chi connectivity index (χ2v) is 7.24.